The van der Waals surface area contributed by atoms with Gasteiger partial charge in [-0.25, -0.2) is 0 Å². The van der Waals surface area contributed by atoms with Crippen LogP contribution in [0.25, 0.3) is 0 Å². The molecule has 1 heterocycles. The highest BCUT2D eigenvalue weighted by Crippen LogP contribution is 2.32. The highest BCUT2D eigenvalue weighted by molar-refractivity contribution is 7.07. The Kier molecular flexibility index (Phi) is 3.55. The molecule has 0 aliphatic heterocycles. The number of nitrogens with one attached hydrogen (secondary N) is 1. The highest BCUT2D eigenvalue weighted by Gasteiger charge is 2.22. The summed E-state index contributed by atoms with van der Waals surface area (Å²) in [6, 6.07) is 8.43. The minimum atomic E-state index is -0.427. The summed E-state index contributed by atoms with van der Waals surface area (Å²) in [5, 5.41) is 17.5. The van der Waals surface area contributed by atoms with Gasteiger partial charge in [0.15, 0.2) is 0 Å². The van der Waals surface area contributed by atoms with Crippen LogP contribution < -0.4 is 11.1 Å². The Morgan fingerprint density at radius 3 is 3.11 bits per heavy atom. The predicted octanol–water partition coefficient (Wildman–Crippen LogP) is 2.64. The second-order valence-corrected chi connectivity index (χ2v) is 5.81. The molecule has 0 spiro atoms. The quantitative estimate of drug-likeness (QED) is 0.751. The van der Waals surface area contributed by atoms with Crippen molar-refractivity contribution < 1.29 is 5.11 Å². The molecule has 1 aromatic heterocycles. The van der Waals surface area contributed by atoms with Gasteiger partial charge in [0.2, 0.25) is 0 Å². The zero-order valence-corrected chi connectivity index (χ0v) is 11.5. The first-order chi connectivity index (χ1) is 9.24. The first kappa shape index (κ1) is 12.7. The summed E-state index contributed by atoms with van der Waals surface area (Å²) in [7, 11) is 0. The van der Waals surface area contributed by atoms with Gasteiger partial charge in [-0.15, -0.1) is 0 Å². The molecule has 3 nitrogen and oxygen atoms in total. The van der Waals surface area contributed by atoms with E-state index >= 15 is 0 Å². The predicted molar refractivity (Wildman–Crippen MR) is 79.2 cm³/mol. The van der Waals surface area contributed by atoms with Gasteiger partial charge >= 0.3 is 0 Å². The first-order valence-corrected chi connectivity index (χ1v) is 7.50. The Hall–Kier alpha value is -1.36. The van der Waals surface area contributed by atoms with E-state index in [1.54, 1.807) is 11.3 Å². The maximum absolute atomic E-state index is 10.1. The fourth-order valence-corrected chi connectivity index (χ4v) is 3.39. The van der Waals surface area contributed by atoms with E-state index in [1.807, 2.05) is 22.9 Å². The van der Waals surface area contributed by atoms with E-state index in [1.165, 1.54) is 11.1 Å². The van der Waals surface area contributed by atoms with Gasteiger partial charge in [0.25, 0.3) is 0 Å². The number of thiophene rings is 1. The molecule has 4 heteroatoms. The second-order valence-electron chi connectivity index (χ2n) is 5.03. The zero-order valence-electron chi connectivity index (χ0n) is 10.7. The number of anilines is 1. The molecule has 1 aromatic carbocycles. The lowest BCUT2D eigenvalue weighted by Crippen LogP contribution is -2.24. The number of aliphatic hydroxyl groups excluding tert-OH is 1. The second kappa shape index (κ2) is 5.33. The SMILES string of the molecule is Nc1ccc2c(c1)CCC2NCC(O)c1ccsc1. The molecule has 2 atom stereocenters. The van der Waals surface area contributed by atoms with Crippen LogP contribution in [0.3, 0.4) is 0 Å². The van der Waals surface area contributed by atoms with Gasteiger partial charge in [-0.05, 0) is 58.5 Å². The maximum Gasteiger partial charge on any atom is 0.0922 e. The average molecular weight is 274 g/mol. The third kappa shape index (κ3) is 2.66. The number of hydrogen-bond donors (Lipinski definition) is 3. The van der Waals surface area contributed by atoms with Gasteiger partial charge in [-0.3, -0.25) is 0 Å². The van der Waals surface area contributed by atoms with Gasteiger partial charge in [0.1, 0.15) is 0 Å². The molecule has 19 heavy (non-hydrogen) atoms. The van der Waals surface area contributed by atoms with Crippen LogP contribution in [-0.4, -0.2) is 11.7 Å². The number of rotatable bonds is 4. The van der Waals surface area contributed by atoms with Crippen molar-refractivity contribution in [3.05, 3.63) is 51.7 Å². The topological polar surface area (TPSA) is 58.3 Å². The molecule has 0 amide bonds. The summed E-state index contributed by atoms with van der Waals surface area (Å²) >= 11 is 1.61. The number of fused-ring (bicyclic) bond motifs is 1. The molecule has 100 valence electrons. The van der Waals surface area contributed by atoms with Crippen LogP contribution in [0.1, 0.15) is 35.3 Å². The first-order valence-electron chi connectivity index (χ1n) is 6.56. The standard InChI is InChI=1S/C15H18N2OS/c16-12-2-3-13-10(7-12)1-4-14(13)17-8-15(18)11-5-6-19-9-11/h2-3,5-7,9,14-15,17-18H,1,4,8,16H2. The minimum Gasteiger partial charge on any atom is -0.399 e. The summed E-state index contributed by atoms with van der Waals surface area (Å²) in [5.74, 6) is 0. The number of aryl methyl sites for hydroxylation is 1. The van der Waals surface area contributed by atoms with Crippen LogP contribution in [0.2, 0.25) is 0 Å². The molecule has 0 bridgehead atoms. The molecule has 1 aliphatic rings. The molecule has 3 rings (SSSR count). The lowest BCUT2D eigenvalue weighted by atomic mass is 10.1. The smallest absolute Gasteiger partial charge is 0.0922 e. The Balaban J connectivity index is 1.64. The van der Waals surface area contributed by atoms with Crippen molar-refractivity contribution in [3.8, 4) is 0 Å². The van der Waals surface area contributed by atoms with Gasteiger partial charge in [-0.1, -0.05) is 6.07 Å². The van der Waals surface area contributed by atoms with Gasteiger partial charge in [0, 0.05) is 18.3 Å². The molecule has 0 radical (unpaired) electrons. The molecule has 2 unspecified atom stereocenters. The summed E-state index contributed by atoms with van der Waals surface area (Å²) in [4.78, 5) is 0. The Bertz CT molecular complexity index is 553. The van der Waals surface area contributed by atoms with Crippen LogP contribution in [0.15, 0.2) is 35.0 Å². The summed E-state index contributed by atoms with van der Waals surface area (Å²) in [6.45, 7) is 0.589. The number of hydrogen-bond acceptors (Lipinski definition) is 4. The largest absolute Gasteiger partial charge is 0.399 e. The summed E-state index contributed by atoms with van der Waals surface area (Å²) in [6.07, 6.45) is 1.71. The highest BCUT2D eigenvalue weighted by atomic mass is 32.1. The van der Waals surface area contributed by atoms with E-state index in [-0.39, 0.29) is 0 Å². The average Bonchev–Trinajstić information content (AvgIpc) is 3.05. The number of nitrogen functional groups attached to an aromatic ring is 1. The van der Waals surface area contributed by atoms with E-state index in [9.17, 15) is 5.11 Å². The van der Waals surface area contributed by atoms with Crippen LogP contribution in [-0.2, 0) is 6.42 Å². The van der Waals surface area contributed by atoms with Crippen LogP contribution in [0.5, 0.6) is 0 Å². The number of nitrogens with two attached hydrogens (primary N) is 1. The zero-order chi connectivity index (χ0) is 13.2. The summed E-state index contributed by atoms with van der Waals surface area (Å²) in [5.41, 5.74) is 10.3. The third-order valence-corrected chi connectivity index (χ3v) is 4.43. The fourth-order valence-electron chi connectivity index (χ4n) is 2.69. The van der Waals surface area contributed by atoms with Crippen molar-refractivity contribution in [2.24, 2.45) is 0 Å². The van der Waals surface area contributed by atoms with Crippen molar-refractivity contribution in [2.45, 2.75) is 25.0 Å². The number of aliphatic hydroxyl groups is 1. The van der Waals surface area contributed by atoms with E-state index in [0.29, 0.717) is 12.6 Å². The van der Waals surface area contributed by atoms with E-state index in [4.69, 9.17) is 5.73 Å². The third-order valence-electron chi connectivity index (χ3n) is 3.73. The number of benzene rings is 1. The lowest BCUT2D eigenvalue weighted by molar-refractivity contribution is 0.170. The molecular formula is C15H18N2OS. The Morgan fingerprint density at radius 1 is 1.42 bits per heavy atom. The normalized spacial score (nSPS) is 19.3. The Labute approximate surface area is 117 Å². The molecule has 4 N–H and O–H groups in total. The van der Waals surface area contributed by atoms with Crippen molar-refractivity contribution >= 4 is 17.0 Å². The molecule has 1 aliphatic carbocycles. The van der Waals surface area contributed by atoms with E-state index in [2.05, 4.69) is 17.4 Å². The van der Waals surface area contributed by atoms with Gasteiger partial charge in [-0.2, -0.15) is 11.3 Å². The van der Waals surface area contributed by atoms with Crippen molar-refractivity contribution in [1.29, 1.82) is 0 Å². The van der Waals surface area contributed by atoms with Gasteiger partial charge < -0.3 is 16.2 Å². The van der Waals surface area contributed by atoms with E-state index < -0.39 is 6.10 Å². The van der Waals surface area contributed by atoms with Crippen LogP contribution in [0.4, 0.5) is 5.69 Å². The Morgan fingerprint density at radius 2 is 2.32 bits per heavy atom. The van der Waals surface area contributed by atoms with Crippen LogP contribution >= 0.6 is 11.3 Å². The van der Waals surface area contributed by atoms with Crippen LogP contribution in [0, 0.1) is 0 Å². The van der Waals surface area contributed by atoms with Gasteiger partial charge in [0.05, 0.1) is 6.10 Å². The molecular weight excluding hydrogens is 256 g/mol. The fraction of sp³-hybridized carbons (Fsp3) is 0.333. The van der Waals surface area contributed by atoms with Crippen molar-refractivity contribution in [1.82, 2.24) is 5.32 Å². The van der Waals surface area contributed by atoms with Crippen molar-refractivity contribution in [2.75, 3.05) is 12.3 Å². The summed E-state index contributed by atoms with van der Waals surface area (Å²) < 4.78 is 0. The van der Waals surface area contributed by atoms with Crippen molar-refractivity contribution in [3.63, 3.8) is 0 Å². The molecule has 2 aromatic rings. The molecule has 0 saturated heterocycles. The van der Waals surface area contributed by atoms with E-state index in [0.717, 1.165) is 24.1 Å². The molecule has 0 saturated carbocycles. The lowest BCUT2D eigenvalue weighted by Gasteiger charge is -2.17. The molecule has 0 fully saturated rings. The minimum absolute atomic E-state index is 0.337. The monoisotopic (exact) mass is 274 g/mol. The maximum atomic E-state index is 10.1.